The van der Waals surface area contributed by atoms with Crippen molar-refractivity contribution in [1.82, 2.24) is 20.5 Å². The van der Waals surface area contributed by atoms with Crippen molar-refractivity contribution >= 4 is 48.1 Å². The van der Waals surface area contributed by atoms with Crippen molar-refractivity contribution in [3.8, 4) is 0 Å². The molecule has 1 fully saturated rings. The number of amides is 4. The normalized spacial score (nSPS) is 13.8. The molecule has 4 amide bonds. The number of carbonyl (C=O) groups excluding carboxylic acids is 5. The zero-order valence-corrected chi connectivity index (χ0v) is 23.3. The van der Waals surface area contributed by atoms with Crippen LogP contribution in [0.25, 0.3) is 0 Å². The molecule has 218 valence electrons. The third kappa shape index (κ3) is 7.77. The number of aromatic nitrogens is 1. The molecule has 1 atom stereocenters. The number of nitrogens with zero attached hydrogens (tertiary/aromatic N) is 2. The summed E-state index contributed by atoms with van der Waals surface area (Å²) in [5, 5.41) is 5.16. The van der Waals surface area contributed by atoms with Gasteiger partial charge in [0.05, 0.1) is 5.56 Å². The molecule has 3 rings (SSSR count). The highest BCUT2D eigenvalue weighted by molar-refractivity contribution is 6.06. The molecule has 1 aromatic heterocycles. The highest BCUT2D eigenvalue weighted by Crippen LogP contribution is 2.24. The Kier molecular flexibility index (Phi) is 10.3. The van der Waals surface area contributed by atoms with Gasteiger partial charge in [0.2, 0.25) is 13.2 Å². The van der Waals surface area contributed by atoms with Crippen LogP contribution in [0.3, 0.4) is 0 Å². The predicted molar refractivity (Wildman–Crippen MR) is 147 cm³/mol. The predicted octanol–water partition coefficient (Wildman–Crippen LogP) is -0.0965. The molecule has 1 aliphatic carbocycles. The number of ether oxygens (including phenoxy) is 2. The van der Waals surface area contributed by atoms with E-state index < -0.39 is 30.8 Å². The summed E-state index contributed by atoms with van der Waals surface area (Å²) in [7, 11) is 0. The number of amidine groups is 1. The van der Waals surface area contributed by atoms with E-state index in [0.717, 1.165) is 23.3 Å². The molecule has 14 nitrogen and oxygen atoms in total. The number of carbonyl (C=O) groups is 5. The molecule has 6 N–H and O–H groups in total. The maximum absolute atomic E-state index is 13.3. The summed E-state index contributed by atoms with van der Waals surface area (Å²) in [5.74, 6) is -1.37. The van der Waals surface area contributed by atoms with Gasteiger partial charge in [0, 0.05) is 24.3 Å². The van der Waals surface area contributed by atoms with E-state index in [2.05, 4.69) is 25.6 Å². The fourth-order valence-corrected chi connectivity index (χ4v) is 3.70. The molecule has 1 unspecified atom stereocenters. The second-order valence-electron chi connectivity index (χ2n) is 9.27. The molecule has 1 aliphatic rings. The number of hydrogen-bond acceptors (Lipinski definition) is 8. The number of benzene rings is 1. The third-order valence-corrected chi connectivity index (χ3v) is 6.28. The molecule has 14 heteroatoms. The minimum absolute atomic E-state index is 0.0284. The van der Waals surface area contributed by atoms with Crippen LogP contribution in [-0.4, -0.2) is 77.8 Å². The molecule has 1 aromatic carbocycles. The summed E-state index contributed by atoms with van der Waals surface area (Å²) in [4.78, 5) is 71.9. The van der Waals surface area contributed by atoms with Gasteiger partial charge in [-0.25, -0.2) is 19.5 Å². The van der Waals surface area contributed by atoms with Crippen LogP contribution in [0.2, 0.25) is 0 Å². The number of nitrogens with two attached hydrogens (primary N) is 1. The van der Waals surface area contributed by atoms with Gasteiger partial charge in [-0.15, -0.1) is 4.99 Å². The maximum Gasteiger partial charge on any atom is 0.419 e. The number of imide groups is 1. The van der Waals surface area contributed by atoms with Crippen LogP contribution in [0.15, 0.2) is 29.4 Å². The van der Waals surface area contributed by atoms with Gasteiger partial charge in [-0.1, -0.05) is 6.07 Å². The van der Waals surface area contributed by atoms with Gasteiger partial charge in [0.1, 0.15) is 17.4 Å². The van der Waals surface area contributed by atoms with Gasteiger partial charge in [0.25, 0.3) is 17.6 Å². The highest BCUT2D eigenvalue weighted by Gasteiger charge is 2.28. The molecule has 41 heavy (non-hydrogen) atoms. The Morgan fingerprint density at radius 2 is 1.98 bits per heavy atom. The van der Waals surface area contributed by atoms with Crippen LogP contribution in [0.4, 0.5) is 10.5 Å². The number of aromatic amines is 1. The fraction of sp³-hybridized carbons (Fsp3) is 0.370. The lowest BCUT2D eigenvalue weighted by molar-refractivity contribution is -0.309. The van der Waals surface area contributed by atoms with Crippen molar-refractivity contribution in [3.05, 3.63) is 52.3 Å². The number of hydrogen-bond donors (Lipinski definition) is 5. The summed E-state index contributed by atoms with van der Waals surface area (Å²) >= 11 is 0. The van der Waals surface area contributed by atoms with Crippen LogP contribution in [0.1, 0.15) is 64.2 Å². The first-order valence-corrected chi connectivity index (χ1v) is 12.9. The first kappa shape index (κ1) is 30.5. The van der Waals surface area contributed by atoms with E-state index in [0.29, 0.717) is 28.9 Å². The monoisotopic (exact) mass is 568 g/mol. The first-order valence-electron chi connectivity index (χ1n) is 12.9. The fourth-order valence-electron chi connectivity index (χ4n) is 3.70. The van der Waals surface area contributed by atoms with Crippen LogP contribution in [-0.2, 0) is 19.1 Å². The summed E-state index contributed by atoms with van der Waals surface area (Å²) < 4.78 is 9.72. The lowest BCUT2D eigenvalue weighted by Crippen LogP contribution is -2.75. The number of aryl methyl sites for hydroxylation is 1. The van der Waals surface area contributed by atoms with Crippen LogP contribution >= 0.6 is 0 Å². The van der Waals surface area contributed by atoms with Gasteiger partial charge in [-0.05, 0) is 63.8 Å². The van der Waals surface area contributed by atoms with Crippen LogP contribution in [0.5, 0.6) is 0 Å². The van der Waals surface area contributed by atoms with Gasteiger partial charge < -0.3 is 30.8 Å². The molecule has 0 spiro atoms. The Morgan fingerprint density at radius 3 is 2.61 bits per heavy atom. The smallest absolute Gasteiger partial charge is 0.419 e. The average molecular weight is 569 g/mol. The Labute approximate surface area is 236 Å². The molecule has 0 bridgehead atoms. The van der Waals surface area contributed by atoms with Crippen molar-refractivity contribution in [2.45, 2.75) is 52.6 Å². The SMILES string of the molecule is CCN(C(=O)OCOC(=O)C(C)NC=O)C(=O)c1c[nH]c(C(=Nc2cc(C(=O)NC3CC3)ccc2C)[NH+]=CN)c1C. The molecule has 1 heterocycles. The topological polar surface area (TPSA) is 199 Å². The Morgan fingerprint density at radius 1 is 1.24 bits per heavy atom. The van der Waals surface area contributed by atoms with E-state index in [1.54, 1.807) is 32.0 Å². The second-order valence-corrected chi connectivity index (χ2v) is 9.27. The number of nitrogens with one attached hydrogen (secondary N) is 4. The molecular formula is C27H34N7O7+. The Hall–Kier alpha value is -5.01. The Balaban J connectivity index is 1.80. The molecule has 0 aliphatic heterocycles. The average Bonchev–Trinajstić information content (AvgIpc) is 3.67. The van der Waals surface area contributed by atoms with Gasteiger partial charge in [-0.2, -0.15) is 0 Å². The maximum atomic E-state index is 13.3. The van der Waals surface area contributed by atoms with Gasteiger partial charge in [0.15, 0.2) is 6.34 Å². The van der Waals surface area contributed by atoms with Crippen molar-refractivity contribution in [1.29, 1.82) is 0 Å². The van der Waals surface area contributed by atoms with Crippen molar-refractivity contribution in [3.63, 3.8) is 0 Å². The number of aliphatic imine (C=N–C) groups is 1. The number of rotatable bonds is 11. The quantitative estimate of drug-likeness (QED) is 0.0813. The standard InChI is InChI=1S/C27H33N7O7/c1-5-34(27(39)41-14-40-26(38)17(4)31-13-35)25(37)20-11-29-22(16(20)3)23(30-12-28)33-21-10-18(7-6-15(21)2)24(36)32-19-8-9-19/h6-7,10-13,17,19,29H,5,8-9,14H2,1-4H3,(H,31,35)(H,32,36)(H2,28,30,33)/p+1. The van der Waals surface area contributed by atoms with E-state index in [1.807, 2.05) is 6.92 Å². The van der Waals surface area contributed by atoms with E-state index >= 15 is 0 Å². The summed E-state index contributed by atoms with van der Waals surface area (Å²) in [5.41, 5.74) is 8.49. The van der Waals surface area contributed by atoms with Crippen molar-refractivity contribution < 1.29 is 38.4 Å². The Bertz CT molecular complexity index is 1380. The first-order chi connectivity index (χ1) is 19.6. The summed E-state index contributed by atoms with van der Waals surface area (Å²) in [6.07, 6.45) is 3.86. The number of esters is 1. The molecular weight excluding hydrogens is 534 g/mol. The van der Waals surface area contributed by atoms with E-state index in [-0.39, 0.29) is 29.9 Å². The lowest BCUT2D eigenvalue weighted by Gasteiger charge is -2.18. The summed E-state index contributed by atoms with van der Waals surface area (Å²) in [6, 6.07) is 4.47. The van der Waals surface area contributed by atoms with E-state index in [9.17, 15) is 24.0 Å². The van der Waals surface area contributed by atoms with Crippen LogP contribution in [0, 0.1) is 13.8 Å². The zero-order chi connectivity index (χ0) is 30.1. The summed E-state index contributed by atoms with van der Waals surface area (Å²) in [6.45, 7) is 5.72. The largest absolute Gasteiger partial charge is 0.426 e. The van der Waals surface area contributed by atoms with Crippen molar-refractivity contribution in [2.24, 2.45) is 10.7 Å². The van der Waals surface area contributed by atoms with Crippen LogP contribution < -0.4 is 21.4 Å². The molecule has 0 saturated heterocycles. The minimum atomic E-state index is -1.03. The zero-order valence-electron chi connectivity index (χ0n) is 23.3. The third-order valence-electron chi connectivity index (χ3n) is 6.28. The minimum Gasteiger partial charge on any atom is -0.426 e. The second kappa shape index (κ2) is 13.9. The van der Waals surface area contributed by atoms with E-state index in [4.69, 9.17) is 15.2 Å². The number of H-pyrrole nitrogens is 1. The molecule has 1 saturated carbocycles. The molecule has 2 aromatic rings. The lowest BCUT2D eigenvalue weighted by atomic mass is 10.1. The van der Waals surface area contributed by atoms with Gasteiger partial charge in [-0.3, -0.25) is 14.4 Å². The molecule has 0 radical (unpaired) electrons. The highest BCUT2D eigenvalue weighted by atomic mass is 16.7. The van der Waals surface area contributed by atoms with E-state index in [1.165, 1.54) is 19.5 Å². The van der Waals surface area contributed by atoms with Crippen molar-refractivity contribution in [2.75, 3.05) is 13.3 Å². The van der Waals surface area contributed by atoms with Gasteiger partial charge >= 0.3 is 12.1 Å².